The maximum absolute atomic E-state index is 12.2. The van der Waals surface area contributed by atoms with Crippen molar-refractivity contribution in [3.8, 4) is 5.75 Å². The molecule has 0 unspecified atom stereocenters. The maximum atomic E-state index is 12.2. The lowest BCUT2D eigenvalue weighted by atomic mass is 10.1. The van der Waals surface area contributed by atoms with Crippen molar-refractivity contribution < 1.29 is 24.2 Å². The number of fused-ring (bicyclic) bond motifs is 1. The molecule has 0 aliphatic carbocycles. The first-order valence-electron chi connectivity index (χ1n) is 8.51. The third-order valence-corrected chi connectivity index (χ3v) is 3.77. The number of carbonyl (C=O) groups excluding carboxylic acids is 3. The van der Waals surface area contributed by atoms with Crippen molar-refractivity contribution in [1.82, 2.24) is 10.2 Å². The monoisotopic (exact) mass is 372 g/mol. The predicted molar refractivity (Wildman–Crippen MR) is 101 cm³/mol. The Hall–Kier alpha value is -3.09. The van der Waals surface area contributed by atoms with Crippen molar-refractivity contribution in [2.45, 2.75) is 26.3 Å². The first-order valence-corrected chi connectivity index (χ1v) is 8.51. The van der Waals surface area contributed by atoms with Gasteiger partial charge in [0.15, 0.2) is 6.61 Å². The SMILES string of the molecule is CN(CC(=O)NC(C)(C)C)C(=O)COC(=O)c1ccc2ccccc2c1O. The number of phenolic OH excluding ortho intramolecular Hbond substituents is 1. The number of amides is 2. The first kappa shape index (κ1) is 20.2. The third-order valence-electron chi connectivity index (χ3n) is 3.77. The molecule has 7 nitrogen and oxygen atoms in total. The number of nitrogens with zero attached hydrogens (tertiary/aromatic N) is 1. The van der Waals surface area contributed by atoms with Gasteiger partial charge in [-0.3, -0.25) is 9.59 Å². The van der Waals surface area contributed by atoms with E-state index in [2.05, 4.69) is 5.32 Å². The molecule has 0 fully saturated rings. The van der Waals surface area contributed by atoms with Gasteiger partial charge >= 0.3 is 5.97 Å². The van der Waals surface area contributed by atoms with E-state index < -0.39 is 24.0 Å². The Balaban J connectivity index is 1.96. The first-order chi connectivity index (χ1) is 12.6. The van der Waals surface area contributed by atoms with Gasteiger partial charge in [0.2, 0.25) is 5.91 Å². The molecule has 2 aromatic rings. The van der Waals surface area contributed by atoms with Gasteiger partial charge in [-0.1, -0.05) is 30.3 Å². The summed E-state index contributed by atoms with van der Waals surface area (Å²) in [7, 11) is 1.45. The summed E-state index contributed by atoms with van der Waals surface area (Å²) in [6.07, 6.45) is 0. The predicted octanol–water partition coefficient (Wildman–Crippen LogP) is 2.08. The smallest absolute Gasteiger partial charge is 0.342 e. The van der Waals surface area contributed by atoms with E-state index in [1.807, 2.05) is 32.9 Å². The van der Waals surface area contributed by atoms with Crippen LogP contribution in [0.1, 0.15) is 31.1 Å². The van der Waals surface area contributed by atoms with Gasteiger partial charge in [-0.2, -0.15) is 0 Å². The lowest BCUT2D eigenvalue weighted by molar-refractivity contribution is -0.137. The van der Waals surface area contributed by atoms with Crippen LogP contribution in [0.15, 0.2) is 36.4 Å². The molecular weight excluding hydrogens is 348 g/mol. The fourth-order valence-corrected chi connectivity index (χ4v) is 2.50. The van der Waals surface area contributed by atoms with Crippen molar-refractivity contribution >= 4 is 28.6 Å². The highest BCUT2D eigenvalue weighted by Gasteiger charge is 2.20. The topological polar surface area (TPSA) is 95.9 Å². The number of ether oxygens (including phenoxy) is 1. The second-order valence-electron chi connectivity index (χ2n) is 7.31. The Morgan fingerprint density at radius 2 is 1.78 bits per heavy atom. The minimum Gasteiger partial charge on any atom is -0.506 e. The standard InChI is InChI=1S/C20H24N2O5/c1-20(2,3)21-16(23)11-22(4)17(24)12-27-19(26)15-10-9-13-7-5-6-8-14(13)18(15)25/h5-10,25H,11-12H2,1-4H3,(H,21,23). The van der Waals surface area contributed by atoms with Gasteiger partial charge in [-0.05, 0) is 32.2 Å². The molecule has 2 amide bonds. The van der Waals surface area contributed by atoms with Gasteiger partial charge in [0.1, 0.15) is 11.3 Å². The van der Waals surface area contributed by atoms with E-state index in [1.165, 1.54) is 18.0 Å². The normalized spacial score (nSPS) is 11.1. The number of hydrogen-bond acceptors (Lipinski definition) is 5. The maximum Gasteiger partial charge on any atom is 0.342 e. The Morgan fingerprint density at radius 3 is 2.44 bits per heavy atom. The van der Waals surface area contributed by atoms with Gasteiger partial charge in [-0.15, -0.1) is 0 Å². The lowest BCUT2D eigenvalue weighted by Crippen LogP contribution is -2.46. The second-order valence-corrected chi connectivity index (χ2v) is 7.31. The molecule has 0 atom stereocenters. The van der Waals surface area contributed by atoms with Crippen LogP contribution in [0.2, 0.25) is 0 Å². The lowest BCUT2D eigenvalue weighted by Gasteiger charge is -2.23. The molecule has 0 spiro atoms. The molecule has 0 radical (unpaired) electrons. The largest absolute Gasteiger partial charge is 0.506 e. The van der Waals surface area contributed by atoms with Gasteiger partial charge in [-0.25, -0.2) is 4.79 Å². The highest BCUT2D eigenvalue weighted by atomic mass is 16.5. The zero-order valence-corrected chi connectivity index (χ0v) is 15.9. The Kier molecular flexibility index (Phi) is 6.05. The zero-order chi connectivity index (χ0) is 20.2. The van der Waals surface area contributed by atoms with E-state index in [9.17, 15) is 19.5 Å². The summed E-state index contributed by atoms with van der Waals surface area (Å²) >= 11 is 0. The van der Waals surface area contributed by atoms with Crippen molar-refractivity contribution in [2.24, 2.45) is 0 Å². The molecule has 0 aliphatic rings. The average molecular weight is 372 g/mol. The average Bonchev–Trinajstić information content (AvgIpc) is 2.58. The number of aromatic hydroxyl groups is 1. The second kappa shape index (κ2) is 8.07. The van der Waals surface area contributed by atoms with Crippen LogP contribution in [-0.4, -0.2) is 53.5 Å². The number of nitrogens with one attached hydrogen (secondary N) is 1. The molecule has 7 heteroatoms. The highest BCUT2D eigenvalue weighted by Crippen LogP contribution is 2.28. The number of carbonyl (C=O) groups is 3. The summed E-state index contributed by atoms with van der Waals surface area (Å²) in [6, 6.07) is 10.2. The molecule has 0 bridgehead atoms. The van der Waals surface area contributed by atoms with Gasteiger partial charge < -0.3 is 20.1 Å². The van der Waals surface area contributed by atoms with Crippen LogP contribution in [0.3, 0.4) is 0 Å². The minimum atomic E-state index is -0.806. The van der Waals surface area contributed by atoms with E-state index in [4.69, 9.17) is 4.74 Å². The Labute approximate surface area is 157 Å². The number of esters is 1. The number of phenols is 1. The van der Waals surface area contributed by atoms with Gasteiger partial charge in [0, 0.05) is 18.0 Å². The van der Waals surface area contributed by atoms with E-state index in [0.717, 1.165) is 5.39 Å². The van der Waals surface area contributed by atoms with Crippen LogP contribution in [0.25, 0.3) is 10.8 Å². The molecule has 2 rings (SSSR count). The van der Waals surface area contributed by atoms with Crippen LogP contribution in [0.5, 0.6) is 5.75 Å². The summed E-state index contributed by atoms with van der Waals surface area (Å²) in [5, 5.41) is 14.3. The molecule has 2 N–H and O–H groups in total. The fraction of sp³-hybridized carbons (Fsp3) is 0.350. The Bertz CT molecular complexity index is 870. The quantitative estimate of drug-likeness (QED) is 0.784. The molecule has 144 valence electrons. The molecule has 0 aromatic heterocycles. The van der Waals surface area contributed by atoms with Gasteiger partial charge in [0.25, 0.3) is 5.91 Å². The van der Waals surface area contributed by atoms with Crippen LogP contribution in [-0.2, 0) is 14.3 Å². The van der Waals surface area contributed by atoms with Crippen LogP contribution in [0, 0.1) is 0 Å². The number of hydrogen-bond donors (Lipinski definition) is 2. The minimum absolute atomic E-state index is 0.0189. The molecule has 0 saturated heterocycles. The van der Waals surface area contributed by atoms with Crippen molar-refractivity contribution in [2.75, 3.05) is 20.2 Å². The summed E-state index contributed by atoms with van der Waals surface area (Å²) in [6.45, 7) is 4.85. The van der Waals surface area contributed by atoms with Crippen molar-refractivity contribution in [1.29, 1.82) is 0 Å². The van der Waals surface area contributed by atoms with Gasteiger partial charge in [0.05, 0.1) is 6.54 Å². The van der Waals surface area contributed by atoms with E-state index >= 15 is 0 Å². The zero-order valence-electron chi connectivity index (χ0n) is 15.9. The summed E-state index contributed by atoms with van der Waals surface area (Å²) in [4.78, 5) is 37.3. The molecule has 0 saturated carbocycles. The number of rotatable bonds is 5. The summed E-state index contributed by atoms with van der Waals surface area (Å²) in [5.74, 6) is -1.83. The Morgan fingerprint density at radius 1 is 1.11 bits per heavy atom. The molecule has 27 heavy (non-hydrogen) atoms. The van der Waals surface area contributed by atoms with Crippen LogP contribution >= 0.6 is 0 Å². The number of likely N-dealkylation sites (N-methyl/N-ethyl adjacent to an activating group) is 1. The summed E-state index contributed by atoms with van der Waals surface area (Å²) < 4.78 is 5.00. The van der Waals surface area contributed by atoms with Crippen LogP contribution < -0.4 is 5.32 Å². The van der Waals surface area contributed by atoms with Crippen molar-refractivity contribution in [3.63, 3.8) is 0 Å². The van der Waals surface area contributed by atoms with Crippen molar-refractivity contribution in [3.05, 3.63) is 42.0 Å². The van der Waals surface area contributed by atoms with E-state index in [0.29, 0.717) is 5.39 Å². The molecule has 0 heterocycles. The highest BCUT2D eigenvalue weighted by molar-refractivity contribution is 6.01. The third kappa shape index (κ3) is 5.44. The van der Waals surface area contributed by atoms with E-state index in [1.54, 1.807) is 18.2 Å². The van der Waals surface area contributed by atoms with Crippen LogP contribution in [0.4, 0.5) is 0 Å². The van der Waals surface area contributed by atoms with E-state index in [-0.39, 0.29) is 23.8 Å². The molecular formula is C20H24N2O5. The fourth-order valence-electron chi connectivity index (χ4n) is 2.50. The number of benzene rings is 2. The molecule has 2 aromatic carbocycles. The molecule has 0 aliphatic heterocycles. The summed E-state index contributed by atoms with van der Waals surface area (Å²) in [5.41, 5.74) is -0.421.